The van der Waals surface area contributed by atoms with Gasteiger partial charge in [0.05, 0.1) is 0 Å². The summed E-state index contributed by atoms with van der Waals surface area (Å²) in [5.74, 6) is 0. The lowest BCUT2D eigenvalue weighted by Gasteiger charge is -2.09. The third-order valence-corrected chi connectivity index (χ3v) is 3.49. The number of aryl methyl sites for hydroxylation is 2. The van der Waals surface area contributed by atoms with E-state index in [9.17, 15) is 4.79 Å². The normalized spacial score (nSPS) is 10.2. The summed E-state index contributed by atoms with van der Waals surface area (Å²) in [5.41, 5.74) is 4.09. The van der Waals surface area contributed by atoms with E-state index in [0.29, 0.717) is 13.0 Å². The van der Waals surface area contributed by atoms with Crippen molar-refractivity contribution < 1.29 is 4.79 Å². The molecule has 2 aromatic rings. The molecule has 2 rings (SSSR count). The Labute approximate surface area is 130 Å². The quantitative estimate of drug-likeness (QED) is 0.867. The summed E-state index contributed by atoms with van der Waals surface area (Å²) in [5, 5.41) is 6.41. The first-order valence-electron chi connectivity index (χ1n) is 6.91. The molecule has 110 valence electrons. The van der Waals surface area contributed by atoms with Gasteiger partial charge in [0.1, 0.15) is 0 Å². The van der Waals surface area contributed by atoms with Crippen LogP contribution < -0.4 is 10.6 Å². The summed E-state index contributed by atoms with van der Waals surface area (Å²) >= 11 is 6.08. The summed E-state index contributed by atoms with van der Waals surface area (Å²) < 4.78 is 0. The molecule has 0 aliphatic carbocycles. The van der Waals surface area contributed by atoms with Gasteiger partial charge < -0.3 is 10.6 Å². The fourth-order valence-electron chi connectivity index (χ4n) is 2.23. The van der Waals surface area contributed by atoms with E-state index in [2.05, 4.69) is 16.7 Å². The van der Waals surface area contributed by atoms with Gasteiger partial charge in [-0.1, -0.05) is 35.9 Å². The van der Waals surface area contributed by atoms with Gasteiger partial charge in [-0.2, -0.15) is 0 Å². The van der Waals surface area contributed by atoms with Crippen LogP contribution in [0.2, 0.25) is 5.02 Å². The Bertz CT molecular complexity index is 620. The molecule has 0 fully saturated rings. The monoisotopic (exact) mass is 302 g/mol. The zero-order valence-electron chi connectivity index (χ0n) is 12.2. The first-order valence-corrected chi connectivity index (χ1v) is 7.29. The molecule has 0 bridgehead atoms. The number of anilines is 1. The van der Waals surface area contributed by atoms with Crippen molar-refractivity contribution in [2.24, 2.45) is 0 Å². The lowest BCUT2D eigenvalue weighted by Crippen LogP contribution is -2.30. The Morgan fingerprint density at radius 2 is 1.76 bits per heavy atom. The van der Waals surface area contributed by atoms with Crippen molar-refractivity contribution in [2.45, 2.75) is 20.3 Å². The van der Waals surface area contributed by atoms with Crippen molar-refractivity contribution in [1.29, 1.82) is 0 Å². The van der Waals surface area contributed by atoms with E-state index in [1.54, 1.807) is 0 Å². The number of amides is 2. The van der Waals surface area contributed by atoms with Crippen LogP contribution in [0.3, 0.4) is 0 Å². The molecule has 3 nitrogen and oxygen atoms in total. The van der Waals surface area contributed by atoms with Gasteiger partial charge in [0.15, 0.2) is 0 Å². The number of benzene rings is 2. The molecule has 0 spiro atoms. The van der Waals surface area contributed by atoms with Gasteiger partial charge in [0, 0.05) is 17.3 Å². The van der Waals surface area contributed by atoms with E-state index in [4.69, 9.17) is 11.6 Å². The molecule has 0 saturated carbocycles. The van der Waals surface area contributed by atoms with Crippen LogP contribution in [-0.4, -0.2) is 12.6 Å². The number of nitrogens with one attached hydrogen (secondary N) is 2. The minimum Gasteiger partial charge on any atom is -0.338 e. The summed E-state index contributed by atoms with van der Waals surface area (Å²) in [6.45, 7) is 4.56. The summed E-state index contributed by atoms with van der Waals surface area (Å²) in [6.07, 6.45) is 0.708. The molecule has 0 atom stereocenters. The zero-order valence-corrected chi connectivity index (χ0v) is 13.0. The van der Waals surface area contributed by atoms with E-state index in [-0.39, 0.29) is 6.03 Å². The number of urea groups is 1. The second-order valence-corrected chi connectivity index (χ2v) is 5.51. The highest BCUT2D eigenvalue weighted by molar-refractivity contribution is 6.31. The lowest BCUT2D eigenvalue weighted by molar-refractivity contribution is 0.252. The molecule has 0 saturated heterocycles. The van der Waals surface area contributed by atoms with Gasteiger partial charge in [-0.15, -0.1) is 0 Å². The van der Waals surface area contributed by atoms with Crippen LogP contribution in [-0.2, 0) is 6.42 Å². The predicted octanol–water partition coefficient (Wildman–Crippen LogP) is 4.32. The first kappa shape index (κ1) is 15.4. The van der Waals surface area contributed by atoms with Crippen molar-refractivity contribution in [3.8, 4) is 0 Å². The molecule has 2 N–H and O–H groups in total. The predicted molar refractivity (Wildman–Crippen MR) is 88.1 cm³/mol. The average Bonchev–Trinajstić information content (AvgIpc) is 2.39. The molecule has 2 aromatic carbocycles. The van der Waals surface area contributed by atoms with Gasteiger partial charge in [0.2, 0.25) is 0 Å². The Morgan fingerprint density at radius 3 is 2.43 bits per heavy atom. The van der Waals surface area contributed by atoms with Gasteiger partial charge in [-0.25, -0.2) is 4.79 Å². The lowest BCUT2D eigenvalue weighted by atomic mass is 10.1. The van der Waals surface area contributed by atoms with Crippen LogP contribution in [0, 0.1) is 13.8 Å². The third-order valence-electron chi connectivity index (χ3n) is 3.12. The average molecular weight is 303 g/mol. The number of carbonyl (C=O) groups is 1. The van der Waals surface area contributed by atoms with Crippen molar-refractivity contribution in [2.75, 3.05) is 11.9 Å². The molecule has 4 heteroatoms. The highest BCUT2D eigenvalue weighted by atomic mass is 35.5. The number of halogens is 1. The summed E-state index contributed by atoms with van der Waals surface area (Å²) in [6, 6.07) is 13.4. The first-order chi connectivity index (χ1) is 10.0. The topological polar surface area (TPSA) is 41.1 Å². The maximum atomic E-state index is 11.9. The maximum absolute atomic E-state index is 11.9. The minimum atomic E-state index is -0.202. The largest absolute Gasteiger partial charge is 0.338 e. The van der Waals surface area contributed by atoms with E-state index in [1.165, 1.54) is 0 Å². The Balaban J connectivity index is 1.84. The fraction of sp³-hybridized carbons (Fsp3) is 0.235. The van der Waals surface area contributed by atoms with Crippen LogP contribution in [0.5, 0.6) is 0 Å². The summed E-state index contributed by atoms with van der Waals surface area (Å²) in [4.78, 5) is 11.9. The van der Waals surface area contributed by atoms with Crippen molar-refractivity contribution >= 4 is 23.3 Å². The Hall–Kier alpha value is -2.00. The molecule has 0 unspecified atom stereocenters. The molecular weight excluding hydrogens is 284 g/mol. The van der Waals surface area contributed by atoms with Gasteiger partial charge >= 0.3 is 6.03 Å². The van der Waals surface area contributed by atoms with Crippen LogP contribution in [0.25, 0.3) is 0 Å². The number of hydrogen-bond donors (Lipinski definition) is 2. The SMILES string of the molecule is Cc1cc(C)cc(NC(=O)NCCc2ccccc2Cl)c1. The van der Waals surface area contributed by atoms with E-state index in [0.717, 1.165) is 27.4 Å². The molecule has 0 aliphatic heterocycles. The molecule has 0 aliphatic rings. The molecule has 0 aromatic heterocycles. The highest BCUT2D eigenvalue weighted by Crippen LogP contribution is 2.15. The van der Waals surface area contributed by atoms with Crippen molar-refractivity contribution in [1.82, 2.24) is 5.32 Å². The van der Waals surface area contributed by atoms with Crippen LogP contribution in [0.15, 0.2) is 42.5 Å². The third kappa shape index (κ3) is 4.80. The Kier molecular flexibility index (Phi) is 5.23. The number of carbonyl (C=O) groups excluding carboxylic acids is 1. The van der Waals surface area contributed by atoms with E-state index < -0.39 is 0 Å². The number of hydrogen-bond acceptors (Lipinski definition) is 1. The summed E-state index contributed by atoms with van der Waals surface area (Å²) in [7, 11) is 0. The standard InChI is InChI=1S/C17H19ClN2O/c1-12-9-13(2)11-15(10-12)20-17(21)19-8-7-14-5-3-4-6-16(14)18/h3-6,9-11H,7-8H2,1-2H3,(H2,19,20,21). The van der Waals surface area contributed by atoms with Crippen molar-refractivity contribution in [3.05, 3.63) is 64.2 Å². The molecule has 2 amide bonds. The smallest absolute Gasteiger partial charge is 0.319 e. The second-order valence-electron chi connectivity index (χ2n) is 5.10. The molecule has 0 heterocycles. The minimum absolute atomic E-state index is 0.202. The molecule has 21 heavy (non-hydrogen) atoms. The molecule has 0 radical (unpaired) electrons. The molecular formula is C17H19ClN2O. The van der Waals surface area contributed by atoms with E-state index >= 15 is 0 Å². The van der Waals surface area contributed by atoms with Gasteiger partial charge in [-0.3, -0.25) is 0 Å². The highest BCUT2D eigenvalue weighted by Gasteiger charge is 2.03. The van der Waals surface area contributed by atoms with Gasteiger partial charge in [0.25, 0.3) is 0 Å². The van der Waals surface area contributed by atoms with Crippen LogP contribution in [0.4, 0.5) is 10.5 Å². The maximum Gasteiger partial charge on any atom is 0.319 e. The fourth-order valence-corrected chi connectivity index (χ4v) is 2.46. The van der Waals surface area contributed by atoms with Crippen LogP contribution >= 0.6 is 11.6 Å². The van der Waals surface area contributed by atoms with Gasteiger partial charge in [-0.05, 0) is 55.2 Å². The second kappa shape index (κ2) is 7.14. The Morgan fingerprint density at radius 1 is 1.10 bits per heavy atom. The van der Waals surface area contributed by atoms with Crippen molar-refractivity contribution in [3.63, 3.8) is 0 Å². The zero-order chi connectivity index (χ0) is 15.2. The number of rotatable bonds is 4. The van der Waals surface area contributed by atoms with E-state index in [1.807, 2.05) is 50.2 Å². The van der Waals surface area contributed by atoms with Crippen LogP contribution in [0.1, 0.15) is 16.7 Å².